The summed E-state index contributed by atoms with van der Waals surface area (Å²) in [6.07, 6.45) is 0.663. The van der Waals surface area contributed by atoms with Gasteiger partial charge in [-0.15, -0.1) is 0 Å². The first-order chi connectivity index (χ1) is 7.90. The molecule has 0 aromatic heterocycles. The molecular formula is C15H28O3. The van der Waals surface area contributed by atoms with Crippen LogP contribution in [0.2, 0.25) is 0 Å². The first-order valence-electron chi connectivity index (χ1n) is 6.67. The molecule has 0 rings (SSSR count). The predicted molar refractivity (Wildman–Crippen MR) is 73.3 cm³/mol. The van der Waals surface area contributed by atoms with Gasteiger partial charge in [0, 0.05) is 11.3 Å². The zero-order valence-corrected chi connectivity index (χ0v) is 13.1. The Bertz CT molecular complexity index is 305. The second-order valence-electron chi connectivity index (χ2n) is 6.95. The summed E-state index contributed by atoms with van der Waals surface area (Å²) in [4.78, 5) is 24.3. The molecule has 3 nitrogen and oxygen atoms in total. The zero-order chi connectivity index (χ0) is 14.7. The van der Waals surface area contributed by atoms with Crippen molar-refractivity contribution >= 4 is 11.8 Å². The fourth-order valence-electron chi connectivity index (χ4n) is 1.88. The van der Waals surface area contributed by atoms with E-state index in [-0.39, 0.29) is 23.6 Å². The molecule has 0 heterocycles. The predicted octanol–water partition coefficient (Wildman–Crippen LogP) is 3.61. The number of hydrogen-bond acceptors (Lipinski definition) is 3. The summed E-state index contributed by atoms with van der Waals surface area (Å²) in [5.41, 5.74) is -0.925. The Morgan fingerprint density at radius 3 is 1.78 bits per heavy atom. The number of carbonyl (C=O) groups is 2. The maximum absolute atomic E-state index is 12.3. The van der Waals surface area contributed by atoms with E-state index in [9.17, 15) is 9.59 Å². The van der Waals surface area contributed by atoms with E-state index in [1.807, 2.05) is 48.5 Å². The summed E-state index contributed by atoms with van der Waals surface area (Å²) >= 11 is 0. The highest BCUT2D eigenvalue weighted by Crippen LogP contribution is 2.29. The Balaban J connectivity index is 4.88. The van der Waals surface area contributed by atoms with E-state index in [2.05, 4.69) is 0 Å². The van der Waals surface area contributed by atoms with E-state index < -0.39 is 11.0 Å². The van der Waals surface area contributed by atoms with Gasteiger partial charge in [0.15, 0.2) is 0 Å². The third kappa shape index (κ3) is 5.19. The van der Waals surface area contributed by atoms with Crippen molar-refractivity contribution in [2.24, 2.45) is 17.3 Å². The lowest BCUT2D eigenvalue weighted by Crippen LogP contribution is -2.38. The molecule has 0 aliphatic carbocycles. The molecule has 0 aromatic rings. The van der Waals surface area contributed by atoms with E-state index in [0.29, 0.717) is 6.42 Å². The Kier molecular flexibility index (Phi) is 5.57. The van der Waals surface area contributed by atoms with Crippen LogP contribution < -0.4 is 0 Å². The molecule has 0 radical (unpaired) electrons. The van der Waals surface area contributed by atoms with Gasteiger partial charge in [0.25, 0.3) is 0 Å². The van der Waals surface area contributed by atoms with Crippen LogP contribution >= 0.6 is 0 Å². The summed E-state index contributed by atoms with van der Waals surface area (Å²) in [5, 5.41) is 0. The highest BCUT2D eigenvalue weighted by atomic mass is 16.6. The third-order valence-electron chi connectivity index (χ3n) is 2.90. The monoisotopic (exact) mass is 256 g/mol. The number of carbonyl (C=O) groups excluding carboxylic acids is 2. The number of ether oxygens (including phenoxy) is 1. The Labute approximate surface area is 111 Å². The molecule has 1 unspecified atom stereocenters. The lowest BCUT2D eigenvalue weighted by atomic mass is 9.76. The molecule has 18 heavy (non-hydrogen) atoms. The lowest BCUT2D eigenvalue weighted by Gasteiger charge is -2.29. The molecule has 0 aromatic carbocycles. The van der Waals surface area contributed by atoms with Crippen LogP contribution in [0.4, 0.5) is 0 Å². The molecule has 3 heteroatoms. The quantitative estimate of drug-likeness (QED) is 0.722. The highest BCUT2D eigenvalue weighted by Gasteiger charge is 2.36. The Morgan fingerprint density at radius 2 is 1.50 bits per heavy atom. The smallest absolute Gasteiger partial charge is 0.309 e. The standard InChI is InChI=1S/C15H28O3/c1-9-11(12(16)14(3,4)5)10(2)13(17)18-15(6,7)8/h10-11H,9H2,1-8H3/t10?,11-/m0/s1. The van der Waals surface area contributed by atoms with Crippen molar-refractivity contribution in [2.75, 3.05) is 0 Å². The molecular weight excluding hydrogens is 228 g/mol. The number of rotatable bonds is 4. The average molecular weight is 256 g/mol. The minimum atomic E-state index is -0.506. The lowest BCUT2D eigenvalue weighted by molar-refractivity contribution is -0.163. The van der Waals surface area contributed by atoms with Crippen molar-refractivity contribution in [3.05, 3.63) is 0 Å². The van der Waals surface area contributed by atoms with Crippen molar-refractivity contribution in [1.29, 1.82) is 0 Å². The van der Waals surface area contributed by atoms with E-state index >= 15 is 0 Å². The average Bonchev–Trinajstić information content (AvgIpc) is 2.14. The molecule has 0 aliphatic rings. The zero-order valence-electron chi connectivity index (χ0n) is 13.1. The van der Waals surface area contributed by atoms with Gasteiger partial charge in [0.2, 0.25) is 0 Å². The third-order valence-corrected chi connectivity index (χ3v) is 2.90. The van der Waals surface area contributed by atoms with Crippen molar-refractivity contribution in [3.8, 4) is 0 Å². The molecule has 0 bridgehead atoms. The molecule has 0 N–H and O–H groups in total. The molecule has 106 valence electrons. The first kappa shape index (κ1) is 17.1. The summed E-state index contributed by atoms with van der Waals surface area (Å²) in [6.45, 7) is 14.9. The second-order valence-corrected chi connectivity index (χ2v) is 6.95. The van der Waals surface area contributed by atoms with Gasteiger partial charge in [0.1, 0.15) is 11.4 Å². The van der Waals surface area contributed by atoms with Crippen LogP contribution in [0.1, 0.15) is 61.8 Å². The van der Waals surface area contributed by atoms with Crippen LogP contribution in [0.3, 0.4) is 0 Å². The van der Waals surface area contributed by atoms with Crippen molar-refractivity contribution in [2.45, 2.75) is 67.4 Å². The molecule has 0 aliphatic heterocycles. The first-order valence-corrected chi connectivity index (χ1v) is 6.67. The minimum absolute atomic E-state index is 0.128. The van der Waals surface area contributed by atoms with Gasteiger partial charge in [-0.25, -0.2) is 0 Å². The van der Waals surface area contributed by atoms with Gasteiger partial charge in [-0.1, -0.05) is 34.6 Å². The number of hydrogen-bond donors (Lipinski definition) is 0. The van der Waals surface area contributed by atoms with E-state index in [0.717, 1.165) is 0 Å². The molecule has 0 saturated heterocycles. The number of ketones is 1. The number of Topliss-reactive ketones (excluding diaryl/α,β-unsaturated/α-hetero) is 1. The normalized spacial score (nSPS) is 16.0. The summed E-state index contributed by atoms with van der Waals surface area (Å²) in [5.74, 6) is -0.809. The van der Waals surface area contributed by atoms with E-state index in [1.165, 1.54) is 0 Å². The van der Waals surface area contributed by atoms with Crippen molar-refractivity contribution in [1.82, 2.24) is 0 Å². The minimum Gasteiger partial charge on any atom is -0.460 e. The maximum Gasteiger partial charge on any atom is 0.309 e. The SMILES string of the molecule is CC[C@H](C(=O)C(C)(C)C)C(C)C(=O)OC(C)(C)C. The molecule has 0 fully saturated rings. The molecule has 0 saturated carbocycles. The summed E-state index contributed by atoms with van der Waals surface area (Å²) in [7, 11) is 0. The van der Waals surface area contributed by atoms with Gasteiger partial charge in [0.05, 0.1) is 5.92 Å². The Morgan fingerprint density at radius 1 is 1.06 bits per heavy atom. The van der Waals surface area contributed by atoms with Crippen LogP contribution in [-0.4, -0.2) is 17.4 Å². The fraction of sp³-hybridized carbons (Fsp3) is 0.867. The van der Waals surface area contributed by atoms with Gasteiger partial charge < -0.3 is 4.74 Å². The molecule has 2 atom stereocenters. The number of esters is 1. The Hall–Kier alpha value is -0.860. The fourth-order valence-corrected chi connectivity index (χ4v) is 1.88. The molecule has 0 spiro atoms. The summed E-state index contributed by atoms with van der Waals surface area (Å²) in [6, 6.07) is 0. The van der Waals surface area contributed by atoms with Gasteiger partial charge >= 0.3 is 5.97 Å². The van der Waals surface area contributed by atoms with E-state index in [4.69, 9.17) is 4.74 Å². The largest absolute Gasteiger partial charge is 0.460 e. The van der Waals surface area contributed by atoms with Crippen molar-refractivity contribution < 1.29 is 14.3 Å². The van der Waals surface area contributed by atoms with Crippen molar-refractivity contribution in [3.63, 3.8) is 0 Å². The van der Waals surface area contributed by atoms with Crippen LogP contribution in [0.5, 0.6) is 0 Å². The van der Waals surface area contributed by atoms with Crippen LogP contribution in [-0.2, 0) is 14.3 Å². The van der Waals surface area contributed by atoms with Gasteiger partial charge in [-0.05, 0) is 27.2 Å². The maximum atomic E-state index is 12.3. The van der Waals surface area contributed by atoms with Gasteiger partial charge in [-0.3, -0.25) is 9.59 Å². The van der Waals surface area contributed by atoms with Crippen LogP contribution in [0.15, 0.2) is 0 Å². The second kappa shape index (κ2) is 5.85. The van der Waals surface area contributed by atoms with E-state index in [1.54, 1.807) is 6.92 Å². The highest BCUT2D eigenvalue weighted by molar-refractivity contribution is 5.90. The summed E-state index contributed by atoms with van der Waals surface area (Å²) < 4.78 is 5.35. The topological polar surface area (TPSA) is 43.4 Å². The van der Waals surface area contributed by atoms with Crippen LogP contribution in [0.25, 0.3) is 0 Å². The van der Waals surface area contributed by atoms with Gasteiger partial charge in [-0.2, -0.15) is 0 Å². The molecule has 0 amide bonds. The van der Waals surface area contributed by atoms with Crippen LogP contribution in [0, 0.1) is 17.3 Å².